The van der Waals surface area contributed by atoms with Crippen LogP contribution in [-0.2, 0) is 6.42 Å². The molecule has 0 bridgehead atoms. The number of rotatable bonds is 5. The molecule has 25 heavy (non-hydrogen) atoms. The van der Waals surface area contributed by atoms with Gasteiger partial charge in [0.05, 0.1) is 11.9 Å². The Morgan fingerprint density at radius 2 is 1.48 bits per heavy atom. The van der Waals surface area contributed by atoms with Gasteiger partial charge in [-0.05, 0) is 29.2 Å². The van der Waals surface area contributed by atoms with Crippen molar-refractivity contribution in [3.05, 3.63) is 102 Å². The summed E-state index contributed by atoms with van der Waals surface area (Å²) in [7, 11) is 0. The van der Waals surface area contributed by atoms with Gasteiger partial charge in [0.1, 0.15) is 6.04 Å². The highest BCUT2D eigenvalue weighted by Gasteiger charge is 2.30. The second-order valence-electron chi connectivity index (χ2n) is 6.33. The van der Waals surface area contributed by atoms with Crippen molar-refractivity contribution < 1.29 is 0 Å². The Morgan fingerprint density at radius 1 is 0.760 bits per heavy atom. The molecule has 1 aliphatic heterocycles. The number of hydrogen-bond donors (Lipinski definition) is 1. The van der Waals surface area contributed by atoms with Gasteiger partial charge >= 0.3 is 0 Å². The van der Waals surface area contributed by atoms with Gasteiger partial charge in [-0.2, -0.15) is 0 Å². The lowest BCUT2D eigenvalue weighted by Crippen LogP contribution is -2.24. The van der Waals surface area contributed by atoms with Crippen molar-refractivity contribution in [2.24, 2.45) is 4.99 Å². The molecule has 124 valence electrons. The first-order valence-electron chi connectivity index (χ1n) is 8.72. The Labute approximate surface area is 148 Å². The molecular weight excluding hydrogens is 306 g/mol. The van der Waals surface area contributed by atoms with Crippen molar-refractivity contribution in [1.82, 2.24) is 10.3 Å². The molecule has 1 aliphatic rings. The maximum absolute atomic E-state index is 5.02. The van der Waals surface area contributed by atoms with Crippen LogP contribution in [-0.4, -0.2) is 10.8 Å². The summed E-state index contributed by atoms with van der Waals surface area (Å²) < 4.78 is 0. The normalized spacial score (nSPS) is 19.3. The predicted molar refractivity (Wildman–Crippen MR) is 101 cm³/mol. The summed E-state index contributed by atoms with van der Waals surface area (Å²) in [5.41, 5.74) is 3.77. The molecule has 2 unspecified atom stereocenters. The fourth-order valence-electron chi connectivity index (χ4n) is 3.33. The molecule has 0 fully saturated rings. The number of benzene rings is 2. The lowest BCUT2D eigenvalue weighted by atomic mass is 9.95. The highest BCUT2D eigenvalue weighted by molar-refractivity contribution is 5.85. The van der Waals surface area contributed by atoms with Gasteiger partial charge in [-0.1, -0.05) is 66.7 Å². The largest absolute Gasteiger partial charge is 0.364 e. The Bertz CT molecular complexity index is 829. The van der Waals surface area contributed by atoms with Crippen LogP contribution in [0.3, 0.4) is 0 Å². The average molecular weight is 327 g/mol. The molecule has 2 heterocycles. The van der Waals surface area contributed by atoms with Crippen molar-refractivity contribution in [2.45, 2.75) is 24.9 Å². The first-order chi connectivity index (χ1) is 12.4. The van der Waals surface area contributed by atoms with Crippen LogP contribution in [0.4, 0.5) is 0 Å². The molecule has 4 rings (SSSR count). The Balaban J connectivity index is 1.57. The Hall–Kier alpha value is -2.94. The molecule has 1 aromatic heterocycles. The topological polar surface area (TPSA) is 37.3 Å². The van der Waals surface area contributed by atoms with Crippen LogP contribution in [0.2, 0.25) is 0 Å². The summed E-state index contributed by atoms with van der Waals surface area (Å²) in [5.74, 6) is 1.08. The molecule has 0 spiro atoms. The molecule has 3 nitrogen and oxygen atoms in total. The number of aryl methyl sites for hydroxylation is 1. The maximum Gasteiger partial charge on any atom is 0.101 e. The van der Waals surface area contributed by atoms with Crippen LogP contribution >= 0.6 is 0 Å². The third-order valence-electron chi connectivity index (χ3n) is 4.61. The van der Waals surface area contributed by atoms with Gasteiger partial charge in [0, 0.05) is 18.8 Å². The fourth-order valence-corrected chi connectivity index (χ4v) is 3.33. The summed E-state index contributed by atoms with van der Waals surface area (Å²) in [6.45, 7) is 0. The van der Waals surface area contributed by atoms with E-state index >= 15 is 0 Å². The minimum Gasteiger partial charge on any atom is -0.364 e. The van der Waals surface area contributed by atoms with E-state index in [1.54, 1.807) is 0 Å². The van der Waals surface area contributed by atoms with Crippen LogP contribution in [0.15, 0.2) is 90.2 Å². The summed E-state index contributed by atoms with van der Waals surface area (Å²) in [5, 5.41) is 3.66. The summed E-state index contributed by atoms with van der Waals surface area (Å²) >= 11 is 0. The van der Waals surface area contributed by atoms with E-state index in [0.717, 1.165) is 18.7 Å². The van der Waals surface area contributed by atoms with Gasteiger partial charge in [0.2, 0.25) is 0 Å². The van der Waals surface area contributed by atoms with Gasteiger partial charge < -0.3 is 5.32 Å². The monoisotopic (exact) mass is 327 g/mol. The lowest BCUT2D eigenvalue weighted by molar-refractivity contribution is 0.571. The maximum atomic E-state index is 5.02. The number of aromatic nitrogens is 1. The molecule has 0 aliphatic carbocycles. The minimum absolute atomic E-state index is 0.118. The van der Waals surface area contributed by atoms with Crippen molar-refractivity contribution in [2.75, 3.05) is 0 Å². The van der Waals surface area contributed by atoms with Crippen molar-refractivity contribution in [3.8, 4) is 0 Å². The van der Waals surface area contributed by atoms with Gasteiger partial charge in [-0.15, -0.1) is 0 Å². The molecule has 0 radical (unpaired) electrons. The molecule has 2 aromatic carbocycles. The molecule has 3 aromatic rings. The van der Waals surface area contributed by atoms with E-state index in [2.05, 4.69) is 77.0 Å². The number of aliphatic imine (C=N–C) groups is 1. The molecule has 3 heteroatoms. The highest BCUT2D eigenvalue weighted by Crippen LogP contribution is 2.36. The lowest BCUT2D eigenvalue weighted by Gasteiger charge is -2.19. The van der Waals surface area contributed by atoms with E-state index in [-0.39, 0.29) is 12.1 Å². The molecular formula is C22H21N3. The fraction of sp³-hybridized carbons (Fsp3) is 0.182. The summed E-state index contributed by atoms with van der Waals surface area (Å²) in [6.07, 6.45) is 5.59. The first kappa shape index (κ1) is 15.6. The number of amidine groups is 1. The molecule has 0 saturated heterocycles. The van der Waals surface area contributed by atoms with Gasteiger partial charge in [0.15, 0.2) is 0 Å². The molecule has 0 amide bonds. The SMILES string of the molecule is c1ccc(C2N=C(CCc3cccnc3)NC2c2ccccc2)cc1. The van der Waals surface area contributed by atoms with Gasteiger partial charge in [0.25, 0.3) is 0 Å². The van der Waals surface area contributed by atoms with E-state index in [1.807, 2.05) is 18.5 Å². The zero-order valence-electron chi connectivity index (χ0n) is 14.0. The standard InChI is InChI=1S/C22H21N3/c1-3-9-18(10-4-1)21-22(19-11-5-2-6-12-19)25-20(24-21)14-13-17-8-7-15-23-16-17/h1-12,15-16,21-22H,13-14H2,(H,24,25). The number of nitrogens with one attached hydrogen (secondary N) is 1. The zero-order valence-corrected chi connectivity index (χ0v) is 14.0. The van der Waals surface area contributed by atoms with Crippen LogP contribution in [0.1, 0.15) is 35.2 Å². The van der Waals surface area contributed by atoms with E-state index in [1.165, 1.54) is 16.7 Å². The smallest absolute Gasteiger partial charge is 0.101 e. The van der Waals surface area contributed by atoms with Gasteiger partial charge in [-0.3, -0.25) is 9.98 Å². The summed E-state index contributed by atoms with van der Waals surface area (Å²) in [6, 6.07) is 25.5. The van der Waals surface area contributed by atoms with Crippen LogP contribution < -0.4 is 5.32 Å². The van der Waals surface area contributed by atoms with E-state index in [0.29, 0.717) is 0 Å². The third kappa shape index (κ3) is 3.61. The molecule has 1 N–H and O–H groups in total. The second-order valence-corrected chi connectivity index (χ2v) is 6.33. The van der Waals surface area contributed by atoms with E-state index in [4.69, 9.17) is 4.99 Å². The van der Waals surface area contributed by atoms with Crippen LogP contribution in [0.5, 0.6) is 0 Å². The first-order valence-corrected chi connectivity index (χ1v) is 8.72. The number of nitrogens with zero attached hydrogens (tertiary/aromatic N) is 2. The third-order valence-corrected chi connectivity index (χ3v) is 4.61. The van der Waals surface area contributed by atoms with Crippen molar-refractivity contribution in [1.29, 1.82) is 0 Å². The zero-order chi connectivity index (χ0) is 16.9. The Morgan fingerprint density at radius 3 is 2.16 bits per heavy atom. The van der Waals surface area contributed by atoms with Gasteiger partial charge in [-0.25, -0.2) is 0 Å². The van der Waals surface area contributed by atoms with E-state index < -0.39 is 0 Å². The highest BCUT2D eigenvalue weighted by atomic mass is 15.1. The number of pyridine rings is 1. The quantitative estimate of drug-likeness (QED) is 0.749. The minimum atomic E-state index is 0.118. The number of hydrogen-bond acceptors (Lipinski definition) is 3. The van der Waals surface area contributed by atoms with Crippen molar-refractivity contribution in [3.63, 3.8) is 0 Å². The molecule has 2 atom stereocenters. The van der Waals surface area contributed by atoms with Crippen molar-refractivity contribution >= 4 is 5.84 Å². The van der Waals surface area contributed by atoms with Crippen LogP contribution in [0.25, 0.3) is 0 Å². The average Bonchev–Trinajstić information content (AvgIpc) is 3.13. The molecule has 0 saturated carbocycles. The Kier molecular flexibility index (Phi) is 4.55. The van der Waals surface area contributed by atoms with Crippen LogP contribution in [0, 0.1) is 0 Å². The second kappa shape index (κ2) is 7.31. The summed E-state index contributed by atoms with van der Waals surface area (Å²) in [4.78, 5) is 9.21. The predicted octanol–water partition coefficient (Wildman–Crippen LogP) is 4.50. The van der Waals surface area contributed by atoms with E-state index in [9.17, 15) is 0 Å².